The van der Waals surface area contributed by atoms with Gasteiger partial charge in [0.05, 0.1) is 0 Å². The van der Waals surface area contributed by atoms with E-state index < -0.39 is 0 Å². The molecule has 0 saturated heterocycles. The number of nitrogens with two attached hydrogens (primary N) is 1. The highest BCUT2D eigenvalue weighted by atomic mass is 16.1. The van der Waals surface area contributed by atoms with Crippen LogP contribution in [0, 0.1) is 12.8 Å². The van der Waals surface area contributed by atoms with E-state index in [4.69, 9.17) is 5.73 Å². The standard InChI is InChI=1S/C10H11NO.C7H17N/c1-4-9-6-11-10(8(3)12)5-7(9)2;1-3-4-7(2)5-6-8/h4-6H,1H2,2-3H3;7H,3-6,8H2,1-2H3. The highest BCUT2D eigenvalue weighted by molar-refractivity contribution is 5.92. The van der Waals surface area contributed by atoms with Crippen molar-refractivity contribution in [1.82, 2.24) is 4.98 Å². The number of aromatic nitrogens is 1. The molecule has 1 atom stereocenters. The van der Waals surface area contributed by atoms with Crippen molar-refractivity contribution in [3.63, 3.8) is 0 Å². The van der Waals surface area contributed by atoms with Gasteiger partial charge in [0.2, 0.25) is 0 Å². The molecular formula is C17H28N2O. The van der Waals surface area contributed by atoms with Crippen molar-refractivity contribution in [2.75, 3.05) is 6.54 Å². The molecule has 0 saturated carbocycles. The molecule has 0 radical (unpaired) electrons. The van der Waals surface area contributed by atoms with Crippen LogP contribution in [0.15, 0.2) is 18.8 Å². The molecule has 3 nitrogen and oxygen atoms in total. The lowest BCUT2D eigenvalue weighted by atomic mass is 10.0. The van der Waals surface area contributed by atoms with Gasteiger partial charge in [0, 0.05) is 13.1 Å². The number of hydrogen-bond acceptors (Lipinski definition) is 3. The van der Waals surface area contributed by atoms with Crippen LogP contribution in [0.4, 0.5) is 0 Å². The Balaban J connectivity index is 0.000000396. The summed E-state index contributed by atoms with van der Waals surface area (Å²) in [6, 6.07) is 1.78. The van der Waals surface area contributed by atoms with Crippen molar-refractivity contribution in [3.05, 3.63) is 35.7 Å². The third kappa shape index (κ3) is 7.19. The van der Waals surface area contributed by atoms with Gasteiger partial charge in [-0.25, -0.2) is 0 Å². The summed E-state index contributed by atoms with van der Waals surface area (Å²) in [6.45, 7) is 12.4. The summed E-state index contributed by atoms with van der Waals surface area (Å²) in [6.07, 6.45) is 7.21. The van der Waals surface area contributed by atoms with E-state index in [1.165, 1.54) is 26.2 Å². The number of aryl methyl sites for hydroxylation is 1. The summed E-state index contributed by atoms with van der Waals surface area (Å²) in [5.74, 6) is 0.832. The summed E-state index contributed by atoms with van der Waals surface area (Å²) < 4.78 is 0. The highest BCUT2D eigenvalue weighted by Gasteiger charge is 2.02. The van der Waals surface area contributed by atoms with Gasteiger partial charge in [0.1, 0.15) is 5.69 Å². The normalized spacial score (nSPS) is 11.2. The fraction of sp³-hybridized carbons (Fsp3) is 0.529. The Morgan fingerprint density at radius 3 is 2.55 bits per heavy atom. The molecule has 1 rings (SSSR count). The maximum absolute atomic E-state index is 10.9. The highest BCUT2D eigenvalue weighted by Crippen LogP contribution is 2.09. The number of nitrogens with zero attached hydrogens (tertiary/aromatic N) is 1. The van der Waals surface area contributed by atoms with Crippen molar-refractivity contribution in [3.8, 4) is 0 Å². The Hall–Kier alpha value is -1.48. The Bertz CT molecular complexity index is 421. The topological polar surface area (TPSA) is 56.0 Å². The van der Waals surface area contributed by atoms with Crippen molar-refractivity contribution in [2.45, 2.75) is 47.0 Å². The van der Waals surface area contributed by atoms with Crippen molar-refractivity contribution < 1.29 is 4.79 Å². The quantitative estimate of drug-likeness (QED) is 0.799. The van der Waals surface area contributed by atoms with E-state index in [2.05, 4.69) is 25.4 Å². The molecule has 0 aliphatic heterocycles. The molecule has 0 aromatic carbocycles. The summed E-state index contributed by atoms with van der Waals surface area (Å²) in [5, 5.41) is 0. The lowest BCUT2D eigenvalue weighted by Gasteiger charge is -2.05. The summed E-state index contributed by atoms with van der Waals surface area (Å²) >= 11 is 0. The number of carbonyl (C=O) groups excluding carboxylic acids is 1. The Morgan fingerprint density at radius 2 is 2.15 bits per heavy atom. The number of rotatable bonds is 6. The summed E-state index contributed by atoms with van der Waals surface area (Å²) in [4.78, 5) is 14.9. The summed E-state index contributed by atoms with van der Waals surface area (Å²) in [7, 11) is 0. The predicted octanol–water partition coefficient (Wildman–Crippen LogP) is 4.01. The Labute approximate surface area is 123 Å². The van der Waals surface area contributed by atoms with E-state index in [0.29, 0.717) is 5.69 Å². The van der Waals surface area contributed by atoms with Gasteiger partial charge < -0.3 is 5.73 Å². The van der Waals surface area contributed by atoms with Gasteiger partial charge >= 0.3 is 0 Å². The second-order valence-corrected chi connectivity index (χ2v) is 5.16. The van der Waals surface area contributed by atoms with E-state index in [-0.39, 0.29) is 5.78 Å². The zero-order valence-corrected chi connectivity index (χ0v) is 13.3. The molecule has 0 bridgehead atoms. The first-order chi connectivity index (χ1) is 9.46. The largest absolute Gasteiger partial charge is 0.330 e. The van der Waals surface area contributed by atoms with E-state index in [0.717, 1.165) is 23.6 Å². The zero-order valence-electron chi connectivity index (χ0n) is 13.3. The van der Waals surface area contributed by atoms with Crippen molar-refractivity contribution in [1.29, 1.82) is 0 Å². The molecule has 20 heavy (non-hydrogen) atoms. The molecule has 2 N–H and O–H groups in total. The minimum atomic E-state index is -0.00582. The first-order valence-corrected chi connectivity index (χ1v) is 7.26. The van der Waals surface area contributed by atoms with Gasteiger partial charge in [-0.1, -0.05) is 39.3 Å². The van der Waals surface area contributed by atoms with Crippen LogP contribution in [0.2, 0.25) is 0 Å². The monoisotopic (exact) mass is 276 g/mol. The average Bonchev–Trinajstić information content (AvgIpc) is 2.40. The number of hydrogen-bond donors (Lipinski definition) is 1. The minimum Gasteiger partial charge on any atom is -0.330 e. The molecule has 0 amide bonds. The second-order valence-electron chi connectivity index (χ2n) is 5.16. The fourth-order valence-corrected chi connectivity index (χ4v) is 1.89. The van der Waals surface area contributed by atoms with Gasteiger partial charge in [-0.3, -0.25) is 9.78 Å². The van der Waals surface area contributed by atoms with Crippen LogP contribution in [-0.4, -0.2) is 17.3 Å². The third-order valence-electron chi connectivity index (χ3n) is 3.17. The SMILES string of the molecule is C=Cc1cnc(C(C)=O)cc1C.CCCC(C)CCN. The molecule has 1 heterocycles. The van der Waals surface area contributed by atoms with Crippen molar-refractivity contribution >= 4 is 11.9 Å². The molecule has 0 spiro atoms. The van der Waals surface area contributed by atoms with Crippen molar-refractivity contribution in [2.24, 2.45) is 11.7 Å². The molecule has 112 valence electrons. The molecule has 1 aromatic rings. The van der Waals surface area contributed by atoms with Gasteiger partial charge in [-0.05, 0) is 43.0 Å². The predicted molar refractivity (Wildman–Crippen MR) is 86.8 cm³/mol. The van der Waals surface area contributed by atoms with Gasteiger partial charge in [0.15, 0.2) is 5.78 Å². The molecule has 3 heteroatoms. The van der Waals surface area contributed by atoms with Crippen LogP contribution < -0.4 is 5.73 Å². The van der Waals surface area contributed by atoms with Crippen LogP contribution in [0.25, 0.3) is 6.08 Å². The summed E-state index contributed by atoms with van der Waals surface area (Å²) in [5.41, 5.74) is 7.88. The molecule has 0 aliphatic rings. The fourth-order valence-electron chi connectivity index (χ4n) is 1.89. The molecule has 1 unspecified atom stereocenters. The minimum absolute atomic E-state index is 0.00582. The maximum atomic E-state index is 10.9. The van der Waals surface area contributed by atoms with Crippen LogP contribution in [0.3, 0.4) is 0 Å². The Morgan fingerprint density at radius 1 is 1.50 bits per heavy atom. The van der Waals surface area contributed by atoms with Crippen LogP contribution in [-0.2, 0) is 0 Å². The molecular weight excluding hydrogens is 248 g/mol. The van der Waals surface area contributed by atoms with E-state index in [1.54, 1.807) is 18.3 Å². The van der Waals surface area contributed by atoms with Gasteiger partial charge in [-0.15, -0.1) is 0 Å². The number of pyridine rings is 1. The van der Waals surface area contributed by atoms with Crippen LogP contribution in [0.1, 0.15) is 61.6 Å². The van der Waals surface area contributed by atoms with E-state index >= 15 is 0 Å². The molecule has 0 fully saturated rings. The van der Waals surface area contributed by atoms with Crippen LogP contribution in [0.5, 0.6) is 0 Å². The third-order valence-corrected chi connectivity index (χ3v) is 3.17. The van der Waals surface area contributed by atoms with Crippen LogP contribution >= 0.6 is 0 Å². The van der Waals surface area contributed by atoms with E-state index in [9.17, 15) is 4.79 Å². The smallest absolute Gasteiger partial charge is 0.178 e. The Kier molecular flexibility index (Phi) is 9.56. The zero-order chi connectivity index (χ0) is 15.5. The second kappa shape index (κ2) is 10.3. The lowest BCUT2D eigenvalue weighted by molar-refractivity contribution is 0.101. The number of ketones is 1. The number of Topliss-reactive ketones (excluding diaryl/α,β-unsaturated/α-hetero) is 1. The average molecular weight is 276 g/mol. The maximum Gasteiger partial charge on any atom is 0.178 e. The van der Waals surface area contributed by atoms with Gasteiger partial charge in [0.25, 0.3) is 0 Å². The molecule has 1 aromatic heterocycles. The first-order valence-electron chi connectivity index (χ1n) is 7.26. The molecule has 0 aliphatic carbocycles. The lowest BCUT2D eigenvalue weighted by Crippen LogP contribution is -2.04. The first kappa shape index (κ1) is 18.5. The van der Waals surface area contributed by atoms with Gasteiger partial charge in [-0.2, -0.15) is 0 Å². The van der Waals surface area contributed by atoms with E-state index in [1.807, 2.05) is 6.92 Å². The number of carbonyl (C=O) groups is 1.